The van der Waals surface area contributed by atoms with Gasteiger partial charge in [-0.3, -0.25) is 18.6 Å². The first-order chi connectivity index (χ1) is 22.2. The van der Waals surface area contributed by atoms with Crippen molar-refractivity contribution in [1.82, 2.24) is 0 Å². The third kappa shape index (κ3) is 29.7. The average molecular weight is 661 g/mol. The number of nitrogens with zero attached hydrogens (tertiary/aromatic N) is 1. The molecule has 0 radical (unpaired) electrons. The SMILES string of the molecule is CC#CC#CCCCCCCCCC(=O)OCC(COP(=O)(O)OCC[N+](C)=CC)OC(=O)CCCCCCCCC#CC#CC. The number of hydrogen-bond acceptors (Lipinski definition) is 7. The van der Waals surface area contributed by atoms with Gasteiger partial charge in [0.1, 0.15) is 26.5 Å². The Morgan fingerprint density at radius 2 is 1.24 bits per heavy atom. The molecule has 0 fully saturated rings. The largest absolute Gasteiger partial charge is 0.472 e. The van der Waals surface area contributed by atoms with E-state index in [2.05, 4.69) is 47.4 Å². The summed E-state index contributed by atoms with van der Waals surface area (Å²) in [6, 6.07) is 0. The monoisotopic (exact) mass is 660 g/mol. The Hall–Kier alpha value is -3.04. The van der Waals surface area contributed by atoms with Crippen LogP contribution in [0.5, 0.6) is 0 Å². The fourth-order valence-corrected chi connectivity index (χ4v) is 4.72. The van der Waals surface area contributed by atoms with Gasteiger partial charge in [0.15, 0.2) is 12.6 Å². The van der Waals surface area contributed by atoms with Gasteiger partial charge in [-0.05, 0) is 63.2 Å². The Morgan fingerprint density at radius 1 is 0.739 bits per heavy atom. The van der Waals surface area contributed by atoms with E-state index >= 15 is 0 Å². The maximum Gasteiger partial charge on any atom is 0.472 e. The van der Waals surface area contributed by atoms with Crippen LogP contribution in [0.2, 0.25) is 0 Å². The lowest BCUT2D eigenvalue weighted by atomic mass is 10.1. The second kappa shape index (κ2) is 30.6. The number of phosphoric ester groups is 1. The van der Waals surface area contributed by atoms with Gasteiger partial charge in [0, 0.05) is 32.6 Å². The zero-order chi connectivity index (χ0) is 34.1. The van der Waals surface area contributed by atoms with Crippen molar-refractivity contribution in [3.05, 3.63) is 0 Å². The van der Waals surface area contributed by atoms with E-state index in [9.17, 15) is 19.0 Å². The number of carbonyl (C=O) groups is 2. The minimum atomic E-state index is -4.39. The first kappa shape index (κ1) is 43.0. The highest BCUT2D eigenvalue weighted by atomic mass is 31.2. The van der Waals surface area contributed by atoms with Gasteiger partial charge in [0.25, 0.3) is 0 Å². The maximum atomic E-state index is 12.5. The molecule has 0 saturated carbocycles. The van der Waals surface area contributed by atoms with E-state index < -0.39 is 32.5 Å². The number of ether oxygens (including phenoxy) is 2. The van der Waals surface area contributed by atoms with Crippen molar-refractivity contribution in [2.75, 3.05) is 33.4 Å². The van der Waals surface area contributed by atoms with Crippen LogP contribution in [-0.2, 0) is 32.7 Å². The number of esters is 2. The Balaban J connectivity index is 4.54. The van der Waals surface area contributed by atoms with Crippen LogP contribution in [0, 0.1) is 47.4 Å². The molecule has 0 aromatic rings. The molecule has 0 rings (SSSR count). The number of phosphoric acid groups is 1. The molecule has 46 heavy (non-hydrogen) atoms. The van der Waals surface area contributed by atoms with Gasteiger partial charge in [0.05, 0.1) is 6.61 Å². The van der Waals surface area contributed by atoms with E-state index in [0.29, 0.717) is 19.4 Å². The number of unbranched alkanes of at least 4 members (excludes halogenated alkanes) is 12. The molecule has 0 heterocycles. The molecular weight excluding hydrogens is 605 g/mol. The lowest BCUT2D eigenvalue weighted by Gasteiger charge is -2.19. The van der Waals surface area contributed by atoms with Crippen LogP contribution < -0.4 is 0 Å². The van der Waals surface area contributed by atoms with Gasteiger partial charge in [0.2, 0.25) is 0 Å². The highest BCUT2D eigenvalue weighted by molar-refractivity contribution is 7.47. The third-order valence-electron chi connectivity index (χ3n) is 6.71. The van der Waals surface area contributed by atoms with E-state index in [1.807, 2.05) is 6.92 Å². The quantitative estimate of drug-likeness (QED) is 0.0276. The maximum absolute atomic E-state index is 12.5. The van der Waals surface area contributed by atoms with E-state index in [1.54, 1.807) is 31.7 Å². The molecule has 0 spiro atoms. The number of rotatable bonds is 26. The average Bonchev–Trinajstić information content (AvgIpc) is 3.03. The molecule has 1 N–H and O–H groups in total. The van der Waals surface area contributed by atoms with Crippen LogP contribution in [0.1, 0.15) is 124 Å². The van der Waals surface area contributed by atoms with Crippen LogP contribution >= 0.6 is 7.82 Å². The molecule has 9 nitrogen and oxygen atoms in total. The molecule has 2 atom stereocenters. The van der Waals surface area contributed by atoms with Crippen LogP contribution in [0.3, 0.4) is 0 Å². The van der Waals surface area contributed by atoms with Crippen molar-refractivity contribution in [2.24, 2.45) is 0 Å². The highest BCUT2D eigenvalue weighted by Gasteiger charge is 2.26. The van der Waals surface area contributed by atoms with Crippen LogP contribution in [0.25, 0.3) is 0 Å². The first-order valence-corrected chi connectivity index (χ1v) is 18.0. The van der Waals surface area contributed by atoms with Crippen molar-refractivity contribution >= 4 is 26.0 Å². The summed E-state index contributed by atoms with van der Waals surface area (Å²) < 4.78 is 35.0. The standard InChI is InChI=1S/C36H54NO8P/c1-5-8-10-12-14-16-18-20-22-24-26-28-35(38)42-32-34(33-44-46(40,41)43-31-30-37(4)7-3)45-36(39)29-27-25-23-21-19-17-15-13-11-9-6-2/h7,34H,14-33H2,1-4H3/p+1. The molecule has 0 saturated heterocycles. The van der Waals surface area contributed by atoms with Gasteiger partial charge in [-0.15, -0.1) is 0 Å². The van der Waals surface area contributed by atoms with E-state index in [0.717, 1.165) is 77.0 Å². The molecule has 2 unspecified atom stereocenters. The van der Waals surface area contributed by atoms with Crippen LogP contribution in [0.4, 0.5) is 0 Å². The molecular formula is C36H55NO8P+. The minimum Gasteiger partial charge on any atom is -0.462 e. The normalized spacial score (nSPS) is 12.4. The summed E-state index contributed by atoms with van der Waals surface area (Å²) in [5.41, 5.74) is 0. The lowest BCUT2D eigenvalue weighted by Crippen LogP contribution is -2.29. The Bertz CT molecular complexity index is 1180. The van der Waals surface area contributed by atoms with Gasteiger partial charge in [-0.2, -0.15) is 0 Å². The van der Waals surface area contributed by atoms with Crippen molar-refractivity contribution in [1.29, 1.82) is 0 Å². The second-order valence-corrected chi connectivity index (χ2v) is 12.2. The topological polar surface area (TPSA) is 111 Å². The summed E-state index contributed by atoms with van der Waals surface area (Å²) in [5.74, 6) is 21.7. The summed E-state index contributed by atoms with van der Waals surface area (Å²) in [5, 5.41) is 0. The lowest BCUT2D eigenvalue weighted by molar-refractivity contribution is -0.494. The molecule has 10 heteroatoms. The molecule has 0 bridgehead atoms. The summed E-state index contributed by atoms with van der Waals surface area (Å²) >= 11 is 0. The summed E-state index contributed by atoms with van der Waals surface area (Å²) in [7, 11) is -2.59. The molecule has 0 aliphatic rings. The van der Waals surface area contributed by atoms with E-state index in [-0.39, 0.29) is 26.1 Å². The first-order valence-electron chi connectivity index (χ1n) is 16.5. The third-order valence-corrected chi connectivity index (χ3v) is 7.69. The Kier molecular flexibility index (Phi) is 28.6. The molecule has 0 aliphatic heterocycles. The van der Waals surface area contributed by atoms with E-state index in [4.69, 9.17) is 18.5 Å². The smallest absolute Gasteiger partial charge is 0.462 e. The Morgan fingerprint density at radius 3 is 1.76 bits per heavy atom. The van der Waals surface area contributed by atoms with Crippen molar-refractivity contribution in [2.45, 2.75) is 130 Å². The summed E-state index contributed by atoms with van der Waals surface area (Å²) in [6.45, 7) is 5.02. The van der Waals surface area contributed by atoms with Gasteiger partial charge in [-0.25, -0.2) is 9.14 Å². The van der Waals surface area contributed by atoms with Gasteiger partial charge in [-0.1, -0.05) is 75.0 Å². The predicted octanol–water partition coefficient (Wildman–Crippen LogP) is 6.60. The second-order valence-electron chi connectivity index (χ2n) is 10.7. The molecule has 0 amide bonds. The number of carbonyl (C=O) groups excluding carboxylic acids is 2. The Labute approximate surface area is 278 Å². The van der Waals surface area contributed by atoms with Crippen molar-refractivity contribution < 1.29 is 42.1 Å². The predicted molar refractivity (Wildman–Crippen MR) is 182 cm³/mol. The molecule has 0 aromatic heterocycles. The van der Waals surface area contributed by atoms with Crippen molar-refractivity contribution in [3.8, 4) is 47.4 Å². The minimum absolute atomic E-state index is 0.0305. The fraction of sp³-hybridized carbons (Fsp3) is 0.694. The fourth-order valence-electron chi connectivity index (χ4n) is 3.98. The van der Waals surface area contributed by atoms with Gasteiger partial charge >= 0.3 is 19.8 Å². The zero-order valence-electron chi connectivity index (χ0n) is 28.5. The number of hydrogen-bond donors (Lipinski definition) is 1. The van der Waals surface area contributed by atoms with Crippen LogP contribution in [-0.4, -0.2) is 67.1 Å². The van der Waals surface area contributed by atoms with E-state index in [1.165, 1.54) is 0 Å². The van der Waals surface area contributed by atoms with Crippen molar-refractivity contribution in [3.63, 3.8) is 0 Å². The zero-order valence-corrected chi connectivity index (χ0v) is 29.4. The highest BCUT2D eigenvalue weighted by Crippen LogP contribution is 2.43. The molecule has 256 valence electrons. The molecule has 0 aromatic carbocycles. The molecule has 0 aliphatic carbocycles. The van der Waals surface area contributed by atoms with Gasteiger partial charge < -0.3 is 14.4 Å². The summed E-state index contributed by atoms with van der Waals surface area (Å²) in [6.07, 6.45) is 14.4. The summed E-state index contributed by atoms with van der Waals surface area (Å²) in [4.78, 5) is 34.9. The van der Waals surface area contributed by atoms with Crippen LogP contribution in [0.15, 0.2) is 0 Å². The number of likely N-dealkylation sites (N-methyl/N-ethyl adjacent to an activating group) is 1.